The highest BCUT2D eigenvalue weighted by molar-refractivity contribution is 6.74. The van der Waals surface area contributed by atoms with Crippen LogP contribution in [0.1, 0.15) is 77.1 Å². The molecule has 0 radical (unpaired) electrons. The van der Waals surface area contributed by atoms with E-state index in [9.17, 15) is 4.79 Å². The Kier molecular flexibility index (Phi) is 10.5. The molecule has 0 spiro atoms. The molecule has 2 aliphatic rings. The van der Waals surface area contributed by atoms with Crippen LogP contribution in [-0.2, 0) is 34.1 Å². The fourth-order valence-electron chi connectivity index (χ4n) is 6.36. The lowest BCUT2D eigenvalue weighted by Crippen LogP contribution is -2.43. The topological polar surface area (TPSA) is 137 Å². The number of ether oxygens (including phenoxy) is 3. The van der Waals surface area contributed by atoms with E-state index >= 15 is 0 Å². The predicted octanol–water partition coefficient (Wildman–Crippen LogP) is 5.99. The monoisotopic (exact) mass is 718 g/mol. The molecule has 2 aliphatic heterocycles. The molecule has 0 saturated carbocycles. The molecule has 2 bridgehead atoms. The number of rotatable bonds is 8. The Morgan fingerprint density at radius 2 is 1.92 bits per heavy atom. The number of carbonyl (C=O) groups is 1. The fraction of sp³-hybridized carbons (Fsp3) is 0.568. The fourth-order valence-corrected chi connectivity index (χ4v) is 7.40. The number of fused-ring (bicyclic) bond motifs is 4. The first kappa shape index (κ1) is 36.8. The first-order valence-corrected chi connectivity index (χ1v) is 20.9. The van der Waals surface area contributed by atoms with Crippen LogP contribution in [0, 0.1) is 0 Å². The van der Waals surface area contributed by atoms with E-state index in [1.807, 2.05) is 47.3 Å². The highest BCUT2D eigenvalue weighted by Gasteiger charge is 2.37. The van der Waals surface area contributed by atoms with Crippen molar-refractivity contribution >= 4 is 37.3 Å². The molecule has 1 amide bonds. The summed E-state index contributed by atoms with van der Waals surface area (Å²) in [4.78, 5) is 14.9. The van der Waals surface area contributed by atoms with Crippen molar-refractivity contribution in [2.75, 3.05) is 26.8 Å². The second-order valence-corrected chi connectivity index (χ2v) is 20.4. The van der Waals surface area contributed by atoms with Gasteiger partial charge in [0.15, 0.2) is 20.6 Å². The van der Waals surface area contributed by atoms with E-state index in [1.54, 1.807) is 17.9 Å². The van der Waals surface area contributed by atoms with Crippen LogP contribution in [0.4, 0.5) is 0 Å². The van der Waals surface area contributed by atoms with E-state index < -0.39 is 20.3 Å². The number of likely N-dealkylation sites (N-methyl/N-ethyl adjacent to an activating group) is 1. The van der Waals surface area contributed by atoms with E-state index in [2.05, 4.69) is 57.2 Å². The Hall–Kier alpha value is -3.98. The number of hydrogen-bond acceptors (Lipinski definition) is 9. The summed E-state index contributed by atoms with van der Waals surface area (Å²) in [6.07, 6.45) is 7.68. The van der Waals surface area contributed by atoms with Crippen LogP contribution in [0.15, 0.2) is 24.4 Å². The van der Waals surface area contributed by atoms with Gasteiger partial charge in [-0.25, -0.2) is 9.36 Å². The molecule has 1 aromatic carbocycles. The normalized spacial score (nSPS) is 19.7. The molecule has 51 heavy (non-hydrogen) atoms. The summed E-state index contributed by atoms with van der Waals surface area (Å²) in [5.74, 6) is 0.426. The number of hydrogen-bond donors (Lipinski definition) is 1. The number of benzene rings is 1. The lowest BCUT2D eigenvalue weighted by molar-refractivity contribution is -0.125. The van der Waals surface area contributed by atoms with Crippen LogP contribution >= 0.6 is 0 Å². The maximum atomic E-state index is 12.9. The maximum absolute atomic E-state index is 12.9. The molecule has 1 fully saturated rings. The van der Waals surface area contributed by atoms with E-state index in [1.165, 1.54) is 0 Å². The number of primary amides is 1. The van der Waals surface area contributed by atoms with Crippen molar-refractivity contribution in [1.29, 1.82) is 0 Å². The van der Waals surface area contributed by atoms with Crippen molar-refractivity contribution in [2.45, 2.75) is 104 Å². The molecule has 4 aromatic rings. The van der Waals surface area contributed by atoms with Gasteiger partial charge in [-0.1, -0.05) is 26.8 Å². The van der Waals surface area contributed by atoms with Crippen LogP contribution in [0.5, 0.6) is 11.8 Å². The van der Waals surface area contributed by atoms with E-state index in [4.69, 9.17) is 34.6 Å². The van der Waals surface area contributed by atoms with Crippen molar-refractivity contribution in [3.63, 3.8) is 0 Å². The summed E-state index contributed by atoms with van der Waals surface area (Å²) < 4.78 is 31.2. The van der Waals surface area contributed by atoms with Crippen molar-refractivity contribution in [3.8, 4) is 22.9 Å². The lowest BCUT2D eigenvalue weighted by atomic mass is 10.0. The summed E-state index contributed by atoms with van der Waals surface area (Å²) in [6, 6.07) is 6.21. The Morgan fingerprint density at radius 3 is 2.61 bits per heavy atom. The third-order valence-corrected chi connectivity index (χ3v) is 14.8. The summed E-state index contributed by atoms with van der Waals surface area (Å²) in [7, 11) is 1.74. The highest BCUT2D eigenvalue weighted by Crippen LogP contribution is 2.38. The third kappa shape index (κ3) is 7.78. The average Bonchev–Trinajstić information content (AvgIpc) is 3.71. The second kappa shape index (κ2) is 14.6. The maximum Gasteiger partial charge on any atom is 0.259 e. The molecule has 276 valence electrons. The second-order valence-electron chi connectivity index (χ2n) is 15.6. The lowest BCUT2D eigenvalue weighted by Gasteiger charge is -2.36. The molecule has 14 heteroatoms. The van der Waals surface area contributed by atoms with Gasteiger partial charge in [-0.15, -0.1) is 5.10 Å². The zero-order valence-corrected chi connectivity index (χ0v) is 32.6. The molecule has 13 nitrogen and oxygen atoms in total. The first-order chi connectivity index (χ1) is 24.1. The minimum absolute atomic E-state index is 0.0793. The van der Waals surface area contributed by atoms with Crippen molar-refractivity contribution in [2.24, 2.45) is 12.8 Å². The minimum Gasteiger partial charge on any atom is -0.473 e. The van der Waals surface area contributed by atoms with E-state index in [-0.39, 0.29) is 23.9 Å². The minimum atomic E-state index is -2.00. The highest BCUT2D eigenvalue weighted by atomic mass is 28.4. The Balaban J connectivity index is 1.51. The summed E-state index contributed by atoms with van der Waals surface area (Å²) in [6.45, 7) is 17.6. The smallest absolute Gasteiger partial charge is 0.259 e. The molecule has 5 heterocycles. The predicted molar refractivity (Wildman–Crippen MR) is 201 cm³/mol. The van der Waals surface area contributed by atoms with Crippen LogP contribution in [0.3, 0.4) is 0 Å². The standard InChI is InChI=1S/C37H54N8O5Si/c1-24(2)49-35-26-14-15-29-27-20-25(13-16-30(27)45(40-29)33-12-10-11-18-47-33)28-21-39-43(7)36(28)50-32(34(38)46)23-42(6)22-31(26)44(41-35)17-19-48-51(8,9)37(3,4)5/h13-16,20-21,24,32-33H,10-12,17-19,22-23H2,1-9H3,(H2,38,46)/b15-14+/t32-,33?/m1/s1. The number of aryl methyl sites for hydroxylation is 1. The van der Waals surface area contributed by atoms with Crippen LogP contribution in [0.2, 0.25) is 18.1 Å². The van der Waals surface area contributed by atoms with Gasteiger partial charge in [0.25, 0.3) is 5.91 Å². The summed E-state index contributed by atoms with van der Waals surface area (Å²) in [5.41, 5.74) is 11.1. The molecular formula is C37H54N8O5Si. The zero-order valence-electron chi connectivity index (χ0n) is 31.6. The molecular weight excluding hydrogens is 665 g/mol. The summed E-state index contributed by atoms with van der Waals surface area (Å²) >= 11 is 0. The van der Waals surface area contributed by atoms with Gasteiger partial charge in [-0.3, -0.25) is 14.4 Å². The van der Waals surface area contributed by atoms with Crippen molar-refractivity contribution < 1.29 is 23.4 Å². The molecule has 1 unspecified atom stereocenters. The zero-order chi connectivity index (χ0) is 36.7. The van der Waals surface area contributed by atoms with Gasteiger partial charge in [0, 0.05) is 32.1 Å². The Morgan fingerprint density at radius 1 is 1.14 bits per heavy atom. The largest absolute Gasteiger partial charge is 0.473 e. The van der Waals surface area contributed by atoms with Crippen LogP contribution < -0.4 is 15.2 Å². The van der Waals surface area contributed by atoms with Gasteiger partial charge >= 0.3 is 0 Å². The van der Waals surface area contributed by atoms with Gasteiger partial charge in [-0.05, 0) is 88.1 Å². The Bertz CT molecular complexity index is 1900. The number of aromatic nitrogens is 6. The van der Waals surface area contributed by atoms with Gasteiger partial charge in [-0.2, -0.15) is 10.2 Å². The average molecular weight is 719 g/mol. The summed E-state index contributed by atoms with van der Waals surface area (Å²) in [5, 5.41) is 15.7. The van der Waals surface area contributed by atoms with Gasteiger partial charge < -0.3 is 24.4 Å². The quantitative estimate of drug-likeness (QED) is 0.218. The Labute approximate surface area is 301 Å². The van der Waals surface area contributed by atoms with Crippen LogP contribution in [-0.4, -0.2) is 87.5 Å². The molecule has 0 aliphatic carbocycles. The van der Waals surface area contributed by atoms with Gasteiger partial charge in [0.05, 0.1) is 53.5 Å². The molecule has 6 rings (SSSR count). The number of nitrogens with two attached hydrogens (primary N) is 1. The van der Waals surface area contributed by atoms with Crippen molar-refractivity contribution in [3.05, 3.63) is 41.3 Å². The van der Waals surface area contributed by atoms with Gasteiger partial charge in [0.2, 0.25) is 11.8 Å². The molecule has 2 atom stereocenters. The number of carbonyl (C=O) groups excluding carboxylic acids is 1. The molecule has 1 saturated heterocycles. The number of amides is 1. The SMILES string of the molecule is CC(C)Oc1nn(CCO[Si](C)(C)C(C)(C)C)c2c1/C=C/c1nn(C3CCCCO3)c3ccc(cc13)-c1cnn(C)c1O[C@@H](C(N)=O)CN(C)C2. The first-order valence-electron chi connectivity index (χ1n) is 18.0. The van der Waals surface area contributed by atoms with Crippen LogP contribution in [0.25, 0.3) is 34.2 Å². The van der Waals surface area contributed by atoms with Gasteiger partial charge in [0.1, 0.15) is 0 Å². The van der Waals surface area contributed by atoms with E-state index in [0.717, 1.165) is 58.2 Å². The third-order valence-electron chi connectivity index (χ3n) is 10.2. The van der Waals surface area contributed by atoms with Crippen molar-refractivity contribution in [1.82, 2.24) is 34.2 Å². The molecule has 3 aromatic heterocycles. The molecule has 2 N–H and O–H groups in total. The van der Waals surface area contributed by atoms with E-state index in [0.29, 0.717) is 38.1 Å². The number of nitrogens with zero attached hydrogens (tertiary/aromatic N) is 7.